The molecule has 0 fully saturated rings. The highest BCUT2D eigenvalue weighted by Crippen LogP contribution is 2.28. The molecule has 1 heterocycles. The van der Waals surface area contributed by atoms with Crippen molar-refractivity contribution in [1.82, 2.24) is 10.3 Å². The van der Waals surface area contributed by atoms with Crippen molar-refractivity contribution in [3.05, 3.63) is 96.1 Å². The summed E-state index contributed by atoms with van der Waals surface area (Å²) in [7, 11) is 1.56. The van der Waals surface area contributed by atoms with Gasteiger partial charge in [-0.2, -0.15) is 0 Å². The van der Waals surface area contributed by atoms with Gasteiger partial charge in [-0.25, -0.2) is 9.78 Å². The molecule has 0 aliphatic heterocycles. The Kier molecular flexibility index (Phi) is 7.07. The molecule has 1 atom stereocenters. The van der Waals surface area contributed by atoms with Crippen LogP contribution in [0.3, 0.4) is 0 Å². The Morgan fingerprint density at radius 2 is 1.59 bits per heavy atom. The Balaban J connectivity index is 0.00000289. The number of fused-ring (bicyclic) bond motifs is 1. The summed E-state index contributed by atoms with van der Waals surface area (Å²) in [5, 5.41) is 13.0. The summed E-state index contributed by atoms with van der Waals surface area (Å²) in [6.45, 7) is 0. The van der Waals surface area contributed by atoms with E-state index in [-0.39, 0.29) is 12.4 Å². The van der Waals surface area contributed by atoms with Crippen LogP contribution in [0.1, 0.15) is 22.0 Å². The molecule has 1 amide bonds. The molecule has 7 heteroatoms. The van der Waals surface area contributed by atoms with Gasteiger partial charge in [-0.1, -0.05) is 60.7 Å². The van der Waals surface area contributed by atoms with Crippen molar-refractivity contribution in [2.24, 2.45) is 0 Å². The number of carboxylic acids is 1. The van der Waals surface area contributed by atoms with Crippen LogP contribution in [0.5, 0.6) is 5.75 Å². The van der Waals surface area contributed by atoms with Crippen molar-refractivity contribution in [3.63, 3.8) is 0 Å². The molecule has 0 bridgehead atoms. The third-order valence-corrected chi connectivity index (χ3v) is 4.99. The van der Waals surface area contributed by atoms with E-state index in [2.05, 4.69) is 5.32 Å². The van der Waals surface area contributed by atoms with Gasteiger partial charge in [0.2, 0.25) is 0 Å². The van der Waals surface area contributed by atoms with Crippen LogP contribution < -0.4 is 10.1 Å². The van der Waals surface area contributed by atoms with Crippen LogP contribution in [0.15, 0.2) is 84.9 Å². The van der Waals surface area contributed by atoms with E-state index in [0.717, 1.165) is 5.56 Å². The van der Waals surface area contributed by atoms with Crippen molar-refractivity contribution in [2.75, 3.05) is 7.11 Å². The minimum atomic E-state index is -1.17. The van der Waals surface area contributed by atoms with Gasteiger partial charge in [-0.05, 0) is 23.8 Å². The highest BCUT2D eigenvalue weighted by atomic mass is 35.5. The summed E-state index contributed by atoms with van der Waals surface area (Å²) in [5.74, 6) is -1.02. The molecule has 0 saturated heterocycles. The maximum Gasteiger partial charge on any atom is 0.330 e. The molecule has 1 aromatic heterocycles. The number of halogens is 1. The van der Waals surface area contributed by atoms with Crippen LogP contribution in [0.25, 0.3) is 22.2 Å². The lowest BCUT2D eigenvalue weighted by Gasteiger charge is -2.16. The number of amides is 1. The molecule has 2 N–H and O–H groups in total. The first-order chi connectivity index (χ1) is 15.1. The van der Waals surface area contributed by atoms with Crippen molar-refractivity contribution in [3.8, 4) is 17.0 Å². The minimum absolute atomic E-state index is 0. The third-order valence-electron chi connectivity index (χ3n) is 4.99. The van der Waals surface area contributed by atoms with Gasteiger partial charge in [0, 0.05) is 17.0 Å². The monoisotopic (exact) mass is 448 g/mol. The van der Waals surface area contributed by atoms with Gasteiger partial charge >= 0.3 is 5.97 Å². The van der Waals surface area contributed by atoms with Crippen LogP contribution in [0.4, 0.5) is 0 Å². The number of ether oxygens (including phenoxy) is 1. The maximum atomic E-state index is 13.3. The van der Waals surface area contributed by atoms with Crippen LogP contribution in [0, 0.1) is 0 Å². The van der Waals surface area contributed by atoms with Gasteiger partial charge in [0.25, 0.3) is 5.91 Å². The lowest BCUT2D eigenvalue weighted by atomic mass is 10.0. The fourth-order valence-electron chi connectivity index (χ4n) is 3.42. The molecular formula is C25H21ClN2O4. The number of aromatic nitrogens is 1. The summed E-state index contributed by atoms with van der Waals surface area (Å²) in [6.07, 6.45) is 0. The predicted octanol–water partition coefficient (Wildman–Crippen LogP) is 4.89. The number of carbonyl (C=O) groups is 2. The number of nitrogens with one attached hydrogen (secondary N) is 1. The number of hydrogen-bond donors (Lipinski definition) is 2. The molecule has 0 radical (unpaired) electrons. The first-order valence-electron chi connectivity index (χ1n) is 9.69. The van der Waals surface area contributed by atoms with Gasteiger partial charge in [0.15, 0.2) is 6.04 Å². The quantitative estimate of drug-likeness (QED) is 0.438. The van der Waals surface area contributed by atoms with Crippen molar-refractivity contribution in [2.45, 2.75) is 6.04 Å². The number of hydrogen-bond acceptors (Lipinski definition) is 4. The largest absolute Gasteiger partial charge is 0.497 e. The van der Waals surface area contributed by atoms with Gasteiger partial charge in [0.05, 0.1) is 23.9 Å². The van der Waals surface area contributed by atoms with Crippen LogP contribution in [-0.2, 0) is 4.79 Å². The number of pyridine rings is 1. The SMILES string of the molecule is COc1ccc2c(C(=O)N[C@@H](C(=O)O)c3ccccc3)cc(-c3ccccc3)nc2c1.Cl. The highest BCUT2D eigenvalue weighted by molar-refractivity contribution is 6.08. The normalized spacial score (nSPS) is 11.3. The molecule has 0 saturated carbocycles. The Bertz CT molecular complexity index is 1250. The zero-order chi connectivity index (χ0) is 21.8. The zero-order valence-electron chi connectivity index (χ0n) is 17.2. The summed E-state index contributed by atoms with van der Waals surface area (Å²) >= 11 is 0. The summed E-state index contributed by atoms with van der Waals surface area (Å²) in [6, 6.07) is 23.9. The molecular weight excluding hydrogens is 428 g/mol. The molecule has 0 unspecified atom stereocenters. The number of benzene rings is 3. The number of methoxy groups -OCH3 is 1. The number of carboxylic acid groups (broad SMARTS) is 1. The Labute approximate surface area is 191 Å². The first kappa shape index (κ1) is 22.8. The van der Waals surface area contributed by atoms with Crippen molar-refractivity contribution >= 4 is 35.2 Å². The van der Waals surface area contributed by atoms with Crippen molar-refractivity contribution < 1.29 is 19.4 Å². The molecule has 0 spiro atoms. The van der Waals surface area contributed by atoms with E-state index in [9.17, 15) is 14.7 Å². The Morgan fingerprint density at radius 1 is 0.938 bits per heavy atom. The number of nitrogens with zero attached hydrogens (tertiary/aromatic N) is 1. The second-order valence-electron chi connectivity index (χ2n) is 6.96. The van der Waals surface area contributed by atoms with E-state index >= 15 is 0 Å². The second kappa shape index (κ2) is 9.94. The molecule has 3 aromatic carbocycles. The van der Waals surface area contributed by atoms with Crippen LogP contribution in [-0.4, -0.2) is 29.1 Å². The molecule has 162 valence electrons. The Morgan fingerprint density at radius 3 is 2.22 bits per heavy atom. The number of aliphatic carboxylic acids is 1. The maximum absolute atomic E-state index is 13.3. The summed E-state index contributed by atoms with van der Waals surface area (Å²) in [4.78, 5) is 29.8. The van der Waals surface area contributed by atoms with E-state index in [1.54, 1.807) is 61.7 Å². The van der Waals surface area contributed by atoms with E-state index in [1.165, 1.54) is 0 Å². The lowest BCUT2D eigenvalue weighted by molar-refractivity contribution is -0.139. The zero-order valence-corrected chi connectivity index (χ0v) is 18.0. The first-order valence-corrected chi connectivity index (χ1v) is 9.69. The molecule has 4 aromatic rings. The standard InChI is InChI=1S/C25H20N2O4.ClH/c1-31-18-12-13-19-20(15-21(26-22(19)14-18)16-8-4-2-5-9-16)24(28)27-23(25(29)30)17-10-6-3-7-11-17;/h2-15,23H,1H3,(H,27,28)(H,29,30);1H/t23-;/m1./s1. The molecule has 32 heavy (non-hydrogen) atoms. The average molecular weight is 449 g/mol. The second-order valence-corrected chi connectivity index (χ2v) is 6.96. The van der Waals surface area contributed by atoms with Gasteiger partial charge < -0.3 is 15.2 Å². The van der Waals surface area contributed by atoms with E-state index in [0.29, 0.717) is 33.5 Å². The average Bonchev–Trinajstić information content (AvgIpc) is 2.82. The smallest absolute Gasteiger partial charge is 0.330 e. The van der Waals surface area contributed by atoms with E-state index in [1.807, 2.05) is 30.3 Å². The number of rotatable bonds is 6. The predicted molar refractivity (Wildman–Crippen MR) is 125 cm³/mol. The van der Waals surface area contributed by atoms with E-state index in [4.69, 9.17) is 9.72 Å². The summed E-state index contributed by atoms with van der Waals surface area (Å²) < 4.78 is 5.30. The van der Waals surface area contributed by atoms with Gasteiger partial charge in [-0.3, -0.25) is 4.79 Å². The third kappa shape index (κ3) is 4.71. The van der Waals surface area contributed by atoms with Crippen LogP contribution in [0.2, 0.25) is 0 Å². The fourth-order valence-corrected chi connectivity index (χ4v) is 3.42. The van der Waals surface area contributed by atoms with E-state index < -0.39 is 17.9 Å². The molecule has 6 nitrogen and oxygen atoms in total. The molecule has 0 aliphatic carbocycles. The molecule has 4 rings (SSSR count). The van der Waals surface area contributed by atoms with Crippen molar-refractivity contribution in [1.29, 1.82) is 0 Å². The Hall–Kier alpha value is -3.90. The fraction of sp³-hybridized carbons (Fsp3) is 0.0800. The van der Waals surface area contributed by atoms with Gasteiger partial charge in [0.1, 0.15) is 5.75 Å². The van der Waals surface area contributed by atoms with Crippen LogP contribution >= 0.6 is 12.4 Å². The highest BCUT2D eigenvalue weighted by Gasteiger charge is 2.24. The number of carbonyl (C=O) groups excluding carboxylic acids is 1. The molecule has 0 aliphatic rings. The summed E-state index contributed by atoms with van der Waals surface area (Å²) in [5.41, 5.74) is 2.87. The lowest BCUT2D eigenvalue weighted by Crippen LogP contribution is -2.33. The van der Waals surface area contributed by atoms with Gasteiger partial charge in [-0.15, -0.1) is 12.4 Å². The topological polar surface area (TPSA) is 88.5 Å². The minimum Gasteiger partial charge on any atom is -0.497 e.